The number of nitrogens with one attached hydrogen (secondary N) is 1. The molecule has 1 nitrogen and oxygen atoms in total. The molecule has 0 atom stereocenters. The van der Waals surface area contributed by atoms with E-state index in [1.807, 2.05) is 0 Å². The minimum absolute atomic E-state index is 0.387. The van der Waals surface area contributed by atoms with Crippen LogP contribution in [0.15, 0.2) is 18.2 Å². The molecule has 2 aliphatic carbocycles. The van der Waals surface area contributed by atoms with Crippen molar-refractivity contribution in [3.8, 4) is 0 Å². The van der Waals surface area contributed by atoms with Gasteiger partial charge in [0.1, 0.15) is 0 Å². The van der Waals surface area contributed by atoms with E-state index in [1.54, 1.807) is 16.5 Å². The van der Waals surface area contributed by atoms with Gasteiger partial charge in [0.05, 0.1) is 0 Å². The second kappa shape index (κ2) is 5.19. The van der Waals surface area contributed by atoms with Crippen LogP contribution < -0.4 is 0 Å². The van der Waals surface area contributed by atoms with Gasteiger partial charge in [0, 0.05) is 16.6 Å². The summed E-state index contributed by atoms with van der Waals surface area (Å²) in [5, 5.41) is 1.59. The number of aromatic nitrogens is 1. The summed E-state index contributed by atoms with van der Waals surface area (Å²) < 4.78 is 0. The van der Waals surface area contributed by atoms with Crippen LogP contribution >= 0.6 is 0 Å². The fraction of sp³-hybridized carbons (Fsp3) is 0.600. The maximum absolute atomic E-state index is 3.70. The molecule has 4 rings (SSSR count). The van der Waals surface area contributed by atoms with Crippen molar-refractivity contribution in [2.24, 2.45) is 0 Å². The molecule has 21 heavy (non-hydrogen) atoms. The minimum Gasteiger partial charge on any atom is -0.358 e. The molecule has 2 aliphatic rings. The molecule has 0 radical (unpaired) electrons. The molecule has 0 spiro atoms. The van der Waals surface area contributed by atoms with E-state index in [1.165, 1.54) is 75.4 Å². The predicted molar refractivity (Wildman–Crippen MR) is 90.0 cm³/mol. The molecule has 1 heteroatoms. The molecule has 1 N–H and O–H groups in total. The van der Waals surface area contributed by atoms with Crippen LogP contribution in [0.3, 0.4) is 0 Å². The third-order valence-corrected chi connectivity index (χ3v) is 5.98. The smallest absolute Gasteiger partial charge is 0.0461 e. The molecular weight excluding hydrogens is 254 g/mol. The maximum Gasteiger partial charge on any atom is 0.0461 e. The first-order valence-corrected chi connectivity index (χ1v) is 8.91. The minimum atomic E-state index is 0.387. The number of hydrogen-bond acceptors (Lipinski definition) is 0. The van der Waals surface area contributed by atoms with Gasteiger partial charge in [0.2, 0.25) is 0 Å². The Labute approximate surface area is 128 Å². The maximum atomic E-state index is 3.70. The number of aromatic amines is 1. The molecular formula is C20H27N. The Morgan fingerprint density at radius 2 is 1.67 bits per heavy atom. The zero-order valence-electron chi connectivity index (χ0n) is 13.3. The number of fused-ring (bicyclic) bond motifs is 3. The standard InChI is InChI=1S/C20H27N/c1-20(13-5-3-2-4-6-14-20)16-10-8-12-18-19(16)15-9-7-11-17(15)21-18/h8,10,12,21H,2-7,9,11,13-14H2,1H3. The van der Waals surface area contributed by atoms with Gasteiger partial charge in [-0.3, -0.25) is 0 Å². The van der Waals surface area contributed by atoms with E-state index in [-0.39, 0.29) is 0 Å². The summed E-state index contributed by atoms with van der Waals surface area (Å²) in [7, 11) is 0. The summed E-state index contributed by atoms with van der Waals surface area (Å²) in [6, 6.07) is 6.98. The van der Waals surface area contributed by atoms with Gasteiger partial charge in [-0.25, -0.2) is 0 Å². The Morgan fingerprint density at radius 3 is 2.48 bits per heavy atom. The highest BCUT2D eigenvalue weighted by Gasteiger charge is 2.31. The van der Waals surface area contributed by atoms with Gasteiger partial charge in [-0.2, -0.15) is 0 Å². The highest BCUT2D eigenvalue weighted by atomic mass is 14.7. The summed E-state index contributed by atoms with van der Waals surface area (Å²) in [5.74, 6) is 0. The summed E-state index contributed by atoms with van der Waals surface area (Å²) in [6.07, 6.45) is 13.7. The highest BCUT2D eigenvalue weighted by Crippen LogP contribution is 2.43. The molecule has 0 bridgehead atoms. The van der Waals surface area contributed by atoms with E-state index in [4.69, 9.17) is 0 Å². The lowest BCUT2D eigenvalue weighted by molar-refractivity contribution is 0.343. The van der Waals surface area contributed by atoms with Crippen molar-refractivity contribution < 1.29 is 0 Å². The van der Waals surface area contributed by atoms with Gasteiger partial charge in [-0.1, -0.05) is 51.2 Å². The molecule has 0 unspecified atom stereocenters. The molecule has 112 valence electrons. The Kier molecular flexibility index (Phi) is 3.32. The van der Waals surface area contributed by atoms with Crippen LogP contribution in [0, 0.1) is 0 Å². The van der Waals surface area contributed by atoms with Crippen molar-refractivity contribution in [2.45, 2.75) is 76.5 Å². The SMILES string of the molecule is CC1(c2cccc3[nH]c4c(c23)CCC4)CCCCCCC1. The molecule has 1 aromatic carbocycles. The van der Waals surface area contributed by atoms with Crippen molar-refractivity contribution in [1.29, 1.82) is 0 Å². The monoisotopic (exact) mass is 281 g/mol. The first-order valence-electron chi connectivity index (χ1n) is 8.91. The largest absolute Gasteiger partial charge is 0.358 e. The predicted octanol–water partition coefficient (Wildman–Crippen LogP) is 5.66. The number of hydrogen-bond donors (Lipinski definition) is 1. The summed E-state index contributed by atoms with van der Waals surface area (Å²) in [4.78, 5) is 3.70. The van der Waals surface area contributed by atoms with E-state index in [0.29, 0.717) is 5.41 Å². The third-order valence-electron chi connectivity index (χ3n) is 5.98. The van der Waals surface area contributed by atoms with E-state index < -0.39 is 0 Å². The van der Waals surface area contributed by atoms with Crippen molar-refractivity contribution in [3.63, 3.8) is 0 Å². The summed E-state index contributed by atoms with van der Waals surface area (Å²) in [6.45, 7) is 2.53. The first-order chi connectivity index (χ1) is 10.3. The Bertz CT molecular complexity index is 641. The second-order valence-corrected chi connectivity index (χ2v) is 7.49. The Hall–Kier alpha value is -1.24. The average Bonchev–Trinajstić information content (AvgIpc) is 3.03. The Morgan fingerprint density at radius 1 is 0.905 bits per heavy atom. The molecule has 1 saturated carbocycles. The van der Waals surface area contributed by atoms with E-state index >= 15 is 0 Å². The van der Waals surface area contributed by atoms with Gasteiger partial charge in [0.25, 0.3) is 0 Å². The van der Waals surface area contributed by atoms with E-state index in [9.17, 15) is 0 Å². The first kappa shape index (κ1) is 13.4. The van der Waals surface area contributed by atoms with Crippen molar-refractivity contribution in [3.05, 3.63) is 35.0 Å². The van der Waals surface area contributed by atoms with Crippen molar-refractivity contribution in [1.82, 2.24) is 4.98 Å². The molecule has 0 aliphatic heterocycles. The topological polar surface area (TPSA) is 15.8 Å². The van der Waals surface area contributed by atoms with Crippen LogP contribution in [-0.4, -0.2) is 4.98 Å². The summed E-state index contributed by atoms with van der Waals surface area (Å²) in [5.41, 5.74) is 6.58. The lowest BCUT2D eigenvalue weighted by Gasteiger charge is -2.33. The molecule has 1 aromatic heterocycles. The van der Waals surface area contributed by atoms with Crippen LogP contribution in [0.25, 0.3) is 10.9 Å². The normalized spacial score (nSPS) is 22.0. The lowest BCUT2D eigenvalue weighted by Crippen LogP contribution is -2.23. The number of H-pyrrole nitrogens is 1. The van der Waals surface area contributed by atoms with Crippen molar-refractivity contribution >= 4 is 10.9 Å². The fourth-order valence-electron chi connectivity index (χ4n) is 4.76. The quantitative estimate of drug-likeness (QED) is 0.694. The number of aryl methyl sites for hydroxylation is 2. The van der Waals surface area contributed by atoms with Crippen LogP contribution in [-0.2, 0) is 18.3 Å². The van der Waals surface area contributed by atoms with Crippen LogP contribution in [0.5, 0.6) is 0 Å². The van der Waals surface area contributed by atoms with Gasteiger partial charge < -0.3 is 4.98 Å². The molecule has 1 fully saturated rings. The molecule has 2 aromatic rings. The fourth-order valence-corrected chi connectivity index (χ4v) is 4.76. The van der Waals surface area contributed by atoms with Crippen molar-refractivity contribution in [2.75, 3.05) is 0 Å². The second-order valence-electron chi connectivity index (χ2n) is 7.49. The highest BCUT2D eigenvalue weighted by molar-refractivity contribution is 5.89. The molecule has 0 saturated heterocycles. The Balaban J connectivity index is 1.84. The van der Waals surface area contributed by atoms with Crippen LogP contribution in [0.4, 0.5) is 0 Å². The molecule has 0 amide bonds. The van der Waals surface area contributed by atoms with Gasteiger partial charge in [-0.15, -0.1) is 0 Å². The zero-order chi connectivity index (χ0) is 14.3. The third kappa shape index (κ3) is 2.22. The zero-order valence-corrected chi connectivity index (χ0v) is 13.3. The van der Waals surface area contributed by atoms with E-state index in [0.717, 1.165) is 0 Å². The van der Waals surface area contributed by atoms with Gasteiger partial charge in [-0.05, 0) is 54.7 Å². The van der Waals surface area contributed by atoms with Gasteiger partial charge in [0.15, 0.2) is 0 Å². The summed E-state index contributed by atoms with van der Waals surface area (Å²) >= 11 is 0. The average molecular weight is 281 g/mol. The van der Waals surface area contributed by atoms with Gasteiger partial charge >= 0.3 is 0 Å². The van der Waals surface area contributed by atoms with E-state index in [2.05, 4.69) is 30.1 Å². The number of rotatable bonds is 1. The number of benzene rings is 1. The van der Waals surface area contributed by atoms with Crippen LogP contribution in [0.2, 0.25) is 0 Å². The van der Waals surface area contributed by atoms with Crippen LogP contribution in [0.1, 0.15) is 75.1 Å². The lowest BCUT2D eigenvalue weighted by atomic mass is 9.71. The molecule has 1 heterocycles.